The summed E-state index contributed by atoms with van der Waals surface area (Å²) in [5, 5.41) is 0. The highest BCUT2D eigenvalue weighted by Crippen LogP contribution is 2.31. The molecule has 0 N–H and O–H groups in total. The fourth-order valence-corrected chi connectivity index (χ4v) is 2.62. The lowest BCUT2D eigenvalue weighted by Crippen LogP contribution is -1.99. The molecule has 0 saturated carbocycles. The van der Waals surface area contributed by atoms with E-state index >= 15 is 0 Å². The number of rotatable bonds is 5. The minimum atomic E-state index is 0.424. The van der Waals surface area contributed by atoms with Gasteiger partial charge in [0.1, 0.15) is 23.9 Å². The number of ether oxygens (including phenoxy) is 3. The Labute approximate surface area is 135 Å². The first-order valence-electron chi connectivity index (χ1n) is 5.93. The lowest BCUT2D eigenvalue weighted by atomic mass is 10.2. The zero-order valence-electron chi connectivity index (χ0n) is 11.2. The van der Waals surface area contributed by atoms with Gasteiger partial charge in [0.05, 0.1) is 18.7 Å². The van der Waals surface area contributed by atoms with Crippen molar-refractivity contribution in [2.75, 3.05) is 14.2 Å². The van der Waals surface area contributed by atoms with Crippen molar-refractivity contribution >= 4 is 31.9 Å². The maximum absolute atomic E-state index is 5.82. The van der Waals surface area contributed by atoms with Gasteiger partial charge < -0.3 is 14.2 Å². The average Bonchev–Trinajstić information content (AvgIpc) is 2.46. The van der Waals surface area contributed by atoms with Crippen molar-refractivity contribution in [3.63, 3.8) is 0 Å². The Morgan fingerprint density at radius 3 is 2.30 bits per heavy atom. The van der Waals surface area contributed by atoms with Crippen LogP contribution in [-0.2, 0) is 6.61 Å². The molecule has 0 aliphatic heterocycles. The molecule has 0 aliphatic rings. The third kappa shape index (κ3) is 3.67. The highest BCUT2D eigenvalue weighted by Gasteiger charge is 2.07. The van der Waals surface area contributed by atoms with Gasteiger partial charge in [-0.25, -0.2) is 0 Å². The van der Waals surface area contributed by atoms with Crippen molar-refractivity contribution in [1.29, 1.82) is 0 Å². The maximum atomic E-state index is 5.82. The molecule has 20 heavy (non-hydrogen) atoms. The summed E-state index contributed by atoms with van der Waals surface area (Å²) in [5.41, 5.74) is 0.976. The molecule has 5 heteroatoms. The molecule has 0 aromatic heterocycles. The first kappa shape index (κ1) is 15.2. The summed E-state index contributed by atoms with van der Waals surface area (Å²) in [4.78, 5) is 0. The van der Waals surface area contributed by atoms with Crippen molar-refractivity contribution in [3.05, 3.63) is 50.9 Å². The van der Waals surface area contributed by atoms with Crippen LogP contribution in [0.3, 0.4) is 0 Å². The molecule has 2 aromatic carbocycles. The Balaban J connectivity index is 2.14. The van der Waals surface area contributed by atoms with Crippen LogP contribution in [0.25, 0.3) is 0 Å². The summed E-state index contributed by atoms with van der Waals surface area (Å²) in [6.07, 6.45) is 0. The summed E-state index contributed by atoms with van der Waals surface area (Å²) in [6, 6.07) is 11.4. The topological polar surface area (TPSA) is 27.7 Å². The standard InChI is InChI=1S/C15H14Br2O3/c1-18-12-4-6-15(13(17)8-12)20-9-10-7-11(16)3-5-14(10)19-2/h3-8H,9H2,1-2H3. The van der Waals surface area contributed by atoms with Gasteiger partial charge in [-0.1, -0.05) is 15.9 Å². The van der Waals surface area contributed by atoms with Gasteiger partial charge in [0.25, 0.3) is 0 Å². The van der Waals surface area contributed by atoms with E-state index in [-0.39, 0.29) is 0 Å². The fourth-order valence-electron chi connectivity index (χ4n) is 1.74. The number of methoxy groups -OCH3 is 2. The van der Waals surface area contributed by atoms with Gasteiger partial charge in [-0.05, 0) is 52.3 Å². The van der Waals surface area contributed by atoms with Crippen LogP contribution in [0.15, 0.2) is 45.3 Å². The molecule has 0 spiro atoms. The van der Waals surface area contributed by atoms with Crippen LogP contribution in [0, 0.1) is 0 Å². The van der Waals surface area contributed by atoms with Gasteiger partial charge in [-0.3, -0.25) is 0 Å². The van der Waals surface area contributed by atoms with Gasteiger partial charge in [-0.2, -0.15) is 0 Å². The number of hydrogen-bond donors (Lipinski definition) is 0. The van der Waals surface area contributed by atoms with E-state index in [9.17, 15) is 0 Å². The molecule has 0 fully saturated rings. The summed E-state index contributed by atoms with van der Waals surface area (Å²) in [6.45, 7) is 0.424. The summed E-state index contributed by atoms with van der Waals surface area (Å²) in [5.74, 6) is 2.34. The predicted octanol–water partition coefficient (Wildman–Crippen LogP) is 4.81. The normalized spacial score (nSPS) is 10.2. The van der Waals surface area contributed by atoms with Gasteiger partial charge in [0.2, 0.25) is 0 Å². The van der Waals surface area contributed by atoms with E-state index in [2.05, 4.69) is 31.9 Å². The van der Waals surface area contributed by atoms with Crippen LogP contribution < -0.4 is 14.2 Å². The van der Waals surface area contributed by atoms with Gasteiger partial charge in [-0.15, -0.1) is 0 Å². The van der Waals surface area contributed by atoms with Gasteiger partial charge in [0, 0.05) is 10.0 Å². The second kappa shape index (κ2) is 6.99. The van der Waals surface area contributed by atoms with Crippen molar-refractivity contribution in [3.8, 4) is 17.2 Å². The lowest BCUT2D eigenvalue weighted by molar-refractivity contribution is 0.294. The van der Waals surface area contributed by atoms with Crippen LogP contribution in [0.5, 0.6) is 17.2 Å². The van der Waals surface area contributed by atoms with Gasteiger partial charge >= 0.3 is 0 Å². The largest absolute Gasteiger partial charge is 0.497 e. The predicted molar refractivity (Wildman–Crippen MR) is 85.7 cm³/mol. The Morgan fingerprint density at radius 2 is 1.65 bits per heavy atom. The number of hydrogen-bond acceptors (Lipinski definition) is 3. The smallest absolute Gasteiger partial charge is 0.134 e. The second-order valence-electron chi connectivity index (χ2n) is 4.04. The van der Waals surface area contributed by atoms with Crippen LogP contribution in [0.1, 0.15) is 5.56 Å². The zero-order valence-corrected chi connectivity index (χ0v) is 14.3. The summed E-state index contributed by atoms with van der Waals surface area (Å²) < 4.78 is 18.1. The zero-order chi connectivity index (χ0) is 14.5. The van der Waals surface area contributed by atoms with E-state index in [1.165, 1.54) is 0 Å². The molecule has 0 amide bonds. The molecular formula is C15H14Br2O3. The molecule has 0 aliphatic carbocycles. The van der Waals surface area contributed by atoms with Crippen molar-refractivity contribution < 1.29 is 14.2 Å². The third-order valence-electron chi connectivity index (χ3n) is 2.76. The van der Waals surface area contributed by atoms with Crippen molar-refractivity contribution in [2.24, 2.45) is 0 Å². The molecule has 0 unspecified atom stereocenters. The Hall–Kier alpha value is -1.20. The van der Waals surface area contributed by atoms with Crippen LogP contribution >= 0.6 is 31.9 Å². The Morgan fingerprint density at radius 1 is 0.900 bits per heavy atom. The van der Waals surface area contributed by atoms with E-state index in [0.29, 0.717) is 6.61 Å². The molecular weight excluding hydrogens is 388 g/mol. The number of halogens is 2. The first-order valence-corrected chi connectivity index (χ1v) is 7.51. The highest BCUT2D eigenvalue weighted by molar-refractivity contribution is 9.10. The SMILES string of the molecule is COc1ccc(OCc2cc(Br)ccc2OC)c(Br)c1. The van der Waals surface area contributed by atoms with Gasteiger partial charge in [0.15, 0.2) is 0 Å². The molecule has 3 nitrogen and oxygen atoms in total. The third-order valence-corrected chi connectivity index (χ3v) is 3.88. The molecule has 0 atom stereocenters. The van der Waals surface area contributed by atoms with Crippen molar-refractivity contribution in [1.82, 2.24) is 0 Å². The minimum absolute atomic E-state index is 0.424. The molecule has 106 valence electrons. The number of benzene rings is 2. The monoisotopic (exact) mass is 400 g/mol. The molecule has 0 heterocycles. The minimum Gasteiger partial charge on any atom is -0.497 e. The quantitative estimate of drug-likeness (QED) is 0.719. The maximum Gasteiger partial charge on any atom is 0.134 e. The fraction of sp³-hybridized carbons (Fsp3) is 0.200. The molecule has 0 radical (unpaired) electrons. The molecule has 0 saturated heterocycles. The summed E-state index contributed by atoms with van der Waals surface area (Å²) >= 11 is 6.91. The second-order valence-corrected chi connectivity index (χ2v) is 5.81. The average molecular weight is 402 g/mol. The summed E-state index contributed by atoms with van der Waals surface area (Å²) in [7, 11) is 3.28. The molecule has 2 rings (SSSR count). The van der Waals surface area contributed by atoms with E-state index in [0.717, 1.165) is 31.8 Å². The van der Waals surface area contributed by atoms with Crippen LogP contribution in [0.2, 0.25) is 0 Å². The van der Waals surface area contributed by atoms with E-state index in [1.54, 1.807) is 14.2 Å². The first-order chi connectivity index (χ1) is 9.63. The lowest BCUT2D eigenvalue weighted by Gasteiger charge is -2.12. The van der Waals surface area contributed by atoms with Crippen LogP contribution in [0.4, 0.5) is 0 Å². The highest BCUT2D eigenvalue weighted by atomic mass is 79.9. The van der Waals surface area contributed by atoms with Crippen LogP contribution in [-0.4, -0.2) is 14.2 Å². The van der Waals surface area contributed by atoms with Crippen molar-refractivity contribution in [2.45, 2.75) is 6.61 Å². The Kier molecular flexibility index (Phi) is 5.31. The van der Waals surface area contributed by atoms with E-state index in [1.807, 2.05) is 36.4 Å². The van der Waals surface area contributed by atoms with E-state index in [4.69, 9.17) is 14.2 Å². The molecule has 0 bridgehead atoms. The van der Waals surface area contributed by atoms with E-state index < -0.39 is 0 Å². The molecule has 2 aromatic rings. The Bertz CT molecular complexity index is 600.